The quantitative estimate of drug-likeness (QED) is 0.678. The summed E-state index contributed by atoms with van der Waals surface area (Å²) in [6.07, 6.45) is 4.75. The minimum Gasteiger partial charge on any atom is -0.317 e. The molecule has 0 heterocycles. The minimum absolute atomic E-state index is 0.269. The number of hydrogen-bond donors (Lipinski definition) is 2. The first-order chi connectivity index (χ1) is 8.62. The molecule has 4 atom stereocenters. The van der Waals surface area contributed by atoms with Gasteiger partial charge >= 0.3 is 0 Å². The zero-order valence-electron chi connectivity index (χ0n) is 11.1. The van der Waals surface area contributed by atoms with Gasteiger partial charge in [-0.15, -0.1) is 0 Å². The van der Waals surface area contributed by atoms with E-state index in [9.17, 15) is 8.42 Å². The summed E-state index contributed by atoms with van der Waals surface area (Å²) in [6.45, 7) is 3.73. The van der Waals surface area contributed by atoms with Gasteiger partial charge in [0.2, 0.25) is 10.0 Å². The second-order valence-electron chi connectivity index (χ2n) is 6.16. The Hall–Kier alpha value is -0.130. The van der Waals surface area contributed by atoms with Gasteiger partial charge in [0.05, 0.1) is 5.75 Å². The lowest BCUT2D eigenvalue weighted by atomic mass is 10.0. The molecule has 3 rings (SSSR count). The molecule has 0 aliphatic heterocycles. The Morgan fingerprint density at radius 2 is 1.83 bits per heavy atom. The Morgan fingerprint density at radius 1 is 1.17 bits per heavy atom. The molecule has 0 radical (unpaired) electrons. The van der Waals surface area contributed by atoms with Crippen molar-refractivity contribution >= 4 is 10.0 Å². The van der Waals surface area contributed by atoms with E-state index in [2.05, 4.69) is 10.0 Å². The molecular formula is C13H24N2O2S. The third-order valence-corrected chi connectivity index (χ3v) is 6.52. The Kier molecular flexibility index (Phi) is 3.41. The van der Waals surface area contributed by atoms with Crippen molar-refractivity contribution in [2.75, 3.05) is 18.8 Å². The van der Waals surface area contributed by atoms with E-state index in [4.69, 9.17) is 0 Å². The summed E-state index contributed by atoms with van der Waals surface area (Å²) < 4.78 is 26.9. The molecule has 5 heteroatoms. The fraction of sp³-hybridized carbons (Fsp3) is 1.00. The van der Waals surface area contributed by atoms with E-state index in [1.54, 1.807) is 0 Å². The van der Waals surface area contributed by atoms with Crippen molar-refractivity contribution in [3.05, 3.63) is 0 Å². The Balaban J connectivity index is 1.46. The van der Waals surface area contributed by atoms with E-state index in [0.717, 1.165) is 24.9 Å². The van der Waals surface area contributed by atoms with Crippen LogP contribution in [0.25, 0.3) is 0 Å². The summed E-state index contributed by atoms with van der Waals surface area (Å²) in [5.41, 5.74) is 0. The molecule has 0 spiro atoms. The molecule has 0 aromatic rings. The zero-order valence-corrected chi connectivity index (χ0v) is 11.9. The van der Waals surface area contributed by atoms with Crippen molar-refractivity contribution in [1.82, 2.24) is 10.0 Å². The average molecular weight is 272 g/mol. The van der Waals surface area contributed by atoms with E-state index in [1.807, 2.05) is 6.92 Å². The van der Waals surface area contributed by atoms with Gasteiger partial charge in [-0.3, -0.25) is 0 Å². The summed E-state index contributed by atoms with van der Waals surface area (Å²) in [5.74, 6) is 3.30. The Morgan fingerprint density at radius 3 is 2.44 bits per heavy atom. The maximum atomic E-state index is 12.0. The topological polar surface area (TPSA) is 58.2 Å². The van der Waals surface area contributed by atoms with Gasteiger partial charge in [0.25, 0.3) is 0 Å². The van der Waals surface area contributed by atoms with E-state index >= 15 is 0 Å². The minimum atomic E-state index is -3.05. The van der Waals surface area contributed by atoms with Crippen molar-refractivity contribution in [1.29, 1.82) is 0 Å². The van der Waals surface area contributed by atoms with Crippen LogP contribution < -0.4 is 10.0 Å². The van der Waals surface area contributed by atoms with E-state index < -0.39 is 10.0 Å². The molecule has 18 heavy (non-hydrogen) atoms. The molecule has 0 aromatic heterocycles. The molecule has 0 aromatic carbocycles. The normalized spacial score (nSPS) is 41.1. The van der Waals surface area contributed by atoms with Crippen LogP contribution in [0.2, 0.25) is 0 Å². The number of fused-ring (bicyclic) bond motifs is 5. The Labute approximate surface area is 110 Å². The predicted molar refractivity (Wildman–Crippen MR) is 71.7 cm³/mol. The van der Waals surface area contributed by atoms with Gasteiger partial charge in [0, 0.05) is 6.04 Å². The summed E-state index contributed by atoms with van der Waals surface area (Å²) in [7, 11) is -3.05. The first-order valence-corrected chi connectivity index (χ1v) is 8.98. The second-order valence-corrected chi connectivity index (χ2v) is 8.03. The molecule has 2 N–H and O–H groups in total. The third kappa shape index (κ3) is 2.32. The predicted octanol–water partition coefficient (Wildman–Crippen LogP) is 0.950. The highest BCUT2D eigenvalue weighted by molar-refractivity contribution is 7.89. The number of rotatable bonds is 7. The molecule has 0 saturated heterocycles. The second kappa shape index (κ2) is 4.76. The van der Waals surface area contributed by atoms with Crippen LogP contribution in [0.1, 0.15) is 32.6 Å². The third-order valence-electron chi connectivity index (χ3n) is 5.07. The molecular weight excluding hydrogens is 248 g/mol. The monoisotopic (exact) mass is 272 g/mol. The van der Waals surface area contributed by atoms with Crippen molar-refractivity contribution in [2.24, 2.45) is 23.7 Å². The van der Waals surface area contributed by atoms with Gasteiger partial charge in [0.15, 0.2) is 0 Å². The average Bonchev–Trinajstić information content (AvgIpc) is 2.75. The van der Waals surface area contributed by atoms with Crippen molar-refractivity contribution < 1.29 is 8.42 Å². The van der Waals surface area contributed by atoms with E-state index in [-0.39, 0.29) is 5.75 Å². The van der Waals surface area contributed by atoms with Gasteiger partial charge in [-0.05, 0) is 62.4 Å². The molecule has 3 fully saturated rings. The molecule has 3 aliphatic rings. The Bertz CT molecular complexity index is 393. The maximum Gasteiger partial charge on any atom is 0.211 e. The molecule has 0 amide bonds. The highest BCUT2D eigenvalue weighted by atomic mass is 32.2. The molecule has 4 unspecified atom stereocenters. The van der Waals surface area contributed by atoms with Crippen LogP contribution in [0.15, 0.2) is 0 Å². The van der Waals surface area contributed by atoms with Crippen LogP contribution in [0.3, 0.4) is 0 Å². The van der Waals surface area contributed by atoms with Crippen LogP contribution in [0.5, 0.6) is 0 Å². The summed E-state index contributed by atoms with van der Waals surface area (Å²) >= 11 is 0. The van der Waals surface area contributed by atoms with Crippen LogP contribution in [0.4, 0.5) is 0 Å². The fourth-order valence-corrected chi connectivity index (χ4v) is 5.68. The lowest BCUT2D eigenvalue weighted by Crippen LogP contribution is -2.33. The molecule has 2 bridgehead atoms. The smallest absolute Gasteiger partial charge is 0.211 e. The lowest BCUT2D eigenvalue weighted by Gasteiger charge is -2.11. The zero-order chi connectivity index (χ0) is 12.8. The summed E-state index contributed by atoms with van der Waals surface area (Å²) in [5, 5.41) is 3.16. The SMILES string of the molecule is CCNCCCS(=O)(=O)NC1C2C3CCC(C3)C12. The van der Waals surface area contributed by atoms with Crippen molar-refractivity contribution in [3.8, 4) is 0 Å². The van der Waals surface area contributed by atoms with Crippen LogP contribution in [-0.4, -0.2) is 33.3 Å². The fourth-order valence-electron chi connectivity index (χ4n) is 4.31. The van der Waals surface area contributed by atoms with Crippen LogP contribution in [0, 0.1) is 23.7 Å². The maximum absolute atomic E-state index is 12.0. The van der Waals surface area contributed by atoms with Crippen molar-refractivity contribution in [3.63, 3.8) is 0 Å². The van der Waals surface area contributed by atoms with Gasteiger partial charge in [-0.25, -0.2) is 13.1 Å². The van der Waals surface area contributed by atoms with Gasteiger partial charge < -0.3 is 5.32 Å². The molecule has 3 aliphatic carbocycles. The van der Waals surface area contributed by atoms with Crippen LogP contribution in [-0.2, 0) is 10.0 Å². The summed E-state index contributed by atoms with van der Waals surface area (Å²) in [4.78, 5) is 0. The number of sulfonamides is 1. The number of nitrogens with one attached hydrogen (secondary N) is 2. The standard InChI is InChI=1S/C13H24N2O2S/c1-2-14-6-3-7-18(16,17)15-13-11-9-4-5-10(8-9)12(11)13/h9-15H,2-8H2,1H3. The van der Waals surface area contributed by atoms with Crippen molar-refractivity contribution in [2.45, 2.75) is 38.6 Å². The molecule has 3 saturated carbocycles. The number of hydrogen-bond acceptors (Lipinski definition) is 3. The largest absolute Gasteiger partial charge is 0.317 e. The first kappa shape index (κ1) is 12.9. The summed E-state index contributed by atoms with van der Waals surface area (Å²) in [6, 6.07) is 0.292. The first-order valence-electron chi connectivity index (χ1n) is 7.33. The lowest BCUT2D eigenvalue weighted by molar-refractivity contribution is 0.456. The highest BCUT2D eigenvalue weighted by Crippen LogP contribution is 2.65. The van der Waals surface area contributed by atoms with Gasteiger partial charge in [0.1, 0.15) is 0 Å². The molecule has 4 nitrogen and oxygen atoms in total. The molecule has 104 valence electrons. The van der Waals surface area contributed by atoms with Gasteiger partial charge in [-0.1, -0.05) is 6.92 Å². The van der Waals surface area contributed by atoms with E-state index in [0.29, 0.717) is 24.3 Å². The van der Waals surface area contributed by atoms with Gasteiger partial charge in [-0.2, -0.15) is 0 Å². The highest BCUT2D eigenvalue weighted by Gasteiger charge is 2.65. The van der Waals surface area contributed by atoms with E-state index in [1.165, 1.54) is 19.3 Å². The van der Waals surface area contributed by atoms with Crippen LogP contribution >= 0.6 is 0 Å².